The molecule has 0 saturated carbocycles. The highest BCUT2D eigenvalue weighted by atomic mass is 16.4. The summed E-state index contributed by atoms with van der Waals surface area (Å²) in [5.74, 6) is -3.36. The standard InChI is InChI=1S/C11H15N3O5/c1-3-6-4-8(14(2)13-6)10(17)12-7(11(18)19)5-9(15)16/h4,7H,3,5H2,1-2H3,(H,12,17)(H,15,16)(H,18,19)/t7-/m1/s1. The fourth-order valence-electron chi connectivity index (χ4n) is 1.52. The summed E-state index contributed by atoms with van der Waals surface area (Å²) in [4.78, 5) is 33.2. The Morgan fingerprint density at radius 1 is 1.42 bits per heavy atom. The van der Waals surface area contributed by atoms with Crippen LogP contribution in [0.15, 0.2) is 6.07 Å². The number of aliphatic carboxylic acids is 2. The molecule has 1 aromatic heterocycles. The summed E-state index contributed by atoms with van der Waals surface area (Å²) in [5.41, 5.74) is 0.881. The molecule has 0 aromatic carbocycles. The number of hydrogen-bond donors (Lipinski definition) is 3. The van der Waals surface area contributed by atoms with Crippen LogP contribution in [-0.2, 0) is 23.1 Å². The number of aryl methyl sites for hydroxylation is 2. The average Bonchev–Trinajstić information content (AvgIpc) is 2.69. The predicted octanol–water partition coefficient (Wildman–Crippen LogP) is -0.360. The van der Waals surface area contributed by atoms with Crippen molar-refractivity contribution in [2.75, 3.05) is 0 Å². The Bertz CT molecular complexity index is 508. The monoisotopic (exact) mass is 269 g/mol. The summed E-state index contributed by atoms with van der Waals surface area (Å²) in [6.07, 6.45) is -0.0435. The summed E-state index contributed by atoms with van der Waals surface area (Å²) in [5, 5.41) is 23.6. The van der Waals surface area contributed by atoms with Gasteiger partial charge in [0.05, 0.1) is 12.1 Å². The molecule has 1 aromatic rings. The van der Waals surface area contributed by atoms with Crippen molar-refractivity contribution in [3.63, 3.8) is 0 Å². The maximum Gasteiger partial charge on any atom is 0.326 e. The van der Waals surface area contributed by atoms with Crippen LogP contribution in [0.1, 0.15) is 29.5 Å². The van der Waals surface area contributed by atoms with Crippen LogP contribution in [0.2, 0.25) is 0 Å². The second kappa shape index (κ2) is 5.98. The Labute approximate surface area is 109 Å². The maximum atomic E-state index is 11.9. The number of carboxylic acids is 2. The molecule has 8 nitrogen and oxygen atoms in total. The molecule has 0 radical (unpaired) electrons. The van der Waals surface area contributed by atoms with E-state index in [1.807, 2.05) is 6.92 Å². The van der Waals surface area contributed by atoms with Crippen molar-refractivity contribution in [3.05, 3.63) is 17.5 Å². The quantitative estimate of drug-likeness (QED) is 0.648. The van der Waals surface area contributed by atoms with Crippen LogP contribution in [0, 0.1) is 0 Å². The number of rotatable bonds is 6. The Hall–Kier alpha value is -2.38. The van der Waals surface area contributed by atoms with Gasteiger partial charge < -0.3 is 15.5 Å². The number of carbonyl (C=O) groups is 3. The van der Waals surface area contributed by atoms with E-state index in [-0.39, 0.29) is 5.69 Å². The van der Waals surface area contributed by atoms with Gasteiger partial charge in [-0.2, -0.15) is 5.10 Å². The molecular weight excluding hydrogens is 254 g/mol. The predicted molar refractivity (Wildman–Crippen MR) is 63.7 cm³/mol. The first-order valence-corrected chi connectivity index (χ1v) is 5.63. The van der Waals surface area contributed by atoms with Crippen molar-refractivity contribution >= 4 is 17.8 Å². The molecule has 0 unspecified atom stereocenters. The lowest BCUT2D eigenvalue weighted by molar-refractivity contribution is -0.145. The van der Waals surface area contributed by atoms with E-state index in [1.165, 1.54) is 10.7 Å². The van der Waals surface area contributed by atoms with Gasteiger partial charge in [-0.25, -0.2) is 4.79 Å². The number of carbonyl (C=O) groups excluding carboxylic acids is 1. The largest absolute Gasteiger partial charge is 0.481 e. The number of hydrogen-bond acceptors (Lipinski definition) is 4. The summed E-state index contributed by atoms with van der Waals surface area (Å²) in [6, 6.07) is 0.0691. The lowest BCUT2D eigenvalue weighted by atomic mass is 10.2. The first-order chi connectivity index (χ1) is 8.85. The van der Waals surface area contributed by atoms with Crippen molar-refractivity contribution in [2.45, 2.75) is 25.8 Å². The third-order valence-corrected chi connectivity index (χ3v) is 2.51. The zero-order chi connectivity index (χ0) is 14.6. The van der Waals surface area contributed by atoms with E-state index in [9.17, 15) is 14.4 Å². The van der Waals surface area contributed by atoms with E-state index in [4.69, 9.17) is 10.2 Å². The van der Waals surface area contributed by atoms with Crippen molar-refractivity contribution in [2.24, 2.45) is 7.05 Å². The Kier molecular flexibility index (Phi) is 4.62. The molecule has 19 heavy (non-hydrogen) atoms. The molecule has 1 atom stereocenters. The number of nitrogens with one attached hydrogen (secondary N) is 1. The molecule has 0 saturated heterocycles. The topological polar surface area (TPSA) is 122 Å². The van der Waals surface area contributed by atoms with Crippen LogP contribution < -0.4 is 5.32 Å². The molecule has 1 rings (SSSR count). The minimum atomic E-state index is -1.47. The smallest absolute Gasteiger partial charge is 0.326 e. The number of carboxylic acid groups (broad SMARTS) is 2. The molecule has 0 aliphatic carbocycles. The van der Waals surface area contributed by atoms with E-state index in [2.05, 4.69) is 10.4 Å². The van der Waals surface area contributed by atoms with Gasteiger partial charge in [-0.1, -0.05) is 6.92 Å². The van der Waals surface area contributed by atoms with Gasteiger partial charge in [-0.05, 0) is 12.5 Å². The average molecular weight is 269 g/mol. The fraction of sp³-hybridized carbons (Fsp3) is 0.455. The lowest BCUT2D eigenvalue weighted by Crippen LogP contribution is -2.42. The highest BCUT2D eigenvalue weighted by Gasteiger charge is 2.24. The molecule has 1 heterocycles. The third-order valence-electron chi connectivity index (χ3n) is 2.51. The molecule has 3 N–H and O–H groups in total. The lowest BCUT2D eigenvalue weighted by Gasteiger charge is -2.12. The van der Waals surface area contributed by atoms with Crippen molar-refractivity contribution in [1.82, 2.24) is 15.1 Å². The molecule has 0 fully saturated rings. The van der Waals surface area contributed by atoms with Gasteiger partial charge in [0.2, 0.25) is 0 Å². The minimum absolute atomic E-state index is 0.188. The number of amides is 1. The van der Waals surface area contributed by atoms with Crippen molar-refractivity contribution in [3.8, 4) is 0 Å². The number of nitrogens with zero attached hydrogens (tertiary/aromatic N) is 2. The molecule has 104 valence electrons. The van der Waals surface area contributed by atoms with Gasteiger partial charge in [-0.3, -0.25) is 14.3 Å². The zero-order valence-electron chi connectivity index (χ0n) is 10.6. The molecule has 1 amide bonds. The van der Waals surface area contributed by atoms with E-state index in [1.54, 1.807) is 7.05 Å². The number of aromatic nitrogens is 2. The van der Waals surface area contributed by atoms with Gasteiger partial charge in [0.25, 0.3) is 5.91 Å². The first kappa shape index (κ1) is 14.7. The van der Waals surface area contributed by atoms with Crippen LogP contribution in [-0.4, -0.2) is 43.9 Å². The van der Waals surface area contributed by atoms with Crippen LogP contribution in [0.4, 0.5) is 0 Å². The highest BCUT2D eigenvalue weighted by molar-refractivity contribution is 5.96. The van der Waals surface area contributed by atoms with E-state index < -0.39 is 30.3 Å². The van der Waals surface area contributed by atoms with E-state index in [0.29, 0.717) is 12.1 Å². The molecule has 0 aliphatic rings. The third kappa shape index (κ3) is 3.80. The van der Waals surface area contributed by atoms with Crippen molar-refractivity contribution in [1.29, 1.82) is 0 Å². The van der Waals surface area contributed by atoms with Gasteiger partial charge in [0.15, 0.2) is 0 Å². The van der Waals surface area contributed by atoms with Crippen molar-refractivity contribution < 1.29 is 24.6 Å². The van der Waals surface area contributed by atoms with E-state index in [0.717, 1.165) is 0 Å². The molecule has 0 spiro atoms. The Morgan fingerprint density at radius 3 is 2.47 bits per heavy atom. The van der Waals surface area contributed by atoms with Gasteiger partial charge in [0.1, 0.15) is 11.7 Å². The highest BCUT2D eigenvalue weighted by Crippen LogP contribution is 2.05. The summed E-state index contributed by atoms with van der Waals surface area (Å²) in [6.45, 7) is 1.87. The summed E-state index contributed by atoms with van der Waals surface area (Å²) in [7, 11) is 1.56. The van der Waals surface area contributed by atoms with Crippen LogP contribution in [0.5, 0.6) is 0 Å². The van der Waals surface area contributed by atoms with Crippen LogP contribution in [0.25, 0.3) is 0 Å². The molecule has 0 bridgehead atoms. The maximum absolute atomic E-state index is 11.9. The van der Waals surface area contributed by atoms with Crippen LogP contribution >= 0.6 is 0 Å². The normalized spacial score (nSPS) is 11.9. The van der Waals surface area contributed by atoms with Crippen LogP contribution in [0.3, 0.4) is 0 Å². The second-order valence-electron chi connectivity index (χ2n) is 3.96. The van der Waals surface area contributed by atoms with Gasteiger partial charge in [-0.15, -0.1) is 0 Å². The summed E-state index contributed by atoms with van der Waals surface area (Å²) < 4.78 is 1.33. The van der Waals surface area contributed by atoms with Gasteiger partial charge >= 0.3 is 11.9 Å². The van der Waals surface area contributed by atoms with E-state index >= 15 is 0 Å². The minimum Gasteiger partial charge on any atom is -0.481 e. The second-order valence-corrected chi connectivity index (χ2v) is 3.96. The molecule has 8 heteroatoms. The summed E-state index contributed by atoms with van der Waals surface area (Å²) >= 11 is 0. The van der Waals surface area contributed by atoms with Gasteiger partial charge in [0, 0.05) is 7.05 Å². The Morgan fingerprint density at radius 2 is 2.05 bits per heavy atom. The first-order valence-electron chi connectivity index (χ1n) is 5.63. The fourth-order valence-corrected chi connectivity index (χ4v) is 1.52. The SMILES string of the molecule is CCc1cc(C(=O)N[C@H](CC(=O)O)C(=O)O)n(C)n1. The molecular formula is C11H15N3O5. The Balaban J connectivity index is 2.84. The zero-order valence-corrected chi connectivity index (χ0v) is 10.6. The molecule has 0 aliphatic heterocycles.